The molecular weight excluding hydrogens is 316 g/mol. The number of ether oxygens (including phenoxy) is 1. The number of nitrogens with one attached hydrogen (secondary N) is 1. The highest BCUT2D eigenvalue weighted by molar-refractivity contribution is 5.99. The van der Waals surface area contributed by atoms with Crippen molar-refractivity contribution in [3.8, 4) is 5.75 Å². The minimum Gasteiger partial charge on any atom is -0.482 e. The standard InChI is InChI=1S/C20H22N2O3/c1-13-4-6-15(3)16(10-13)21-19(23)8-9-22-17-11-14(2)5-7-18(17)25-12-20(22)24/h4-7,10-11H,8-9,12H2,1-3H3,(H,21,23). The van der Waals surface area contributed by atoms with Crippen LogP contribution in [0, 0.1) is 20.8 Å². The monoisotopic (exact) mass is 338 g/mol. The number of anilines is 2. The lowest BCUT2D eigenvalue weighted by molar-refractivity contribution is -0.121. The van der Waals surface area contributed by atoms with Crippen LogP contribution in [0.3, 0.4) is 0 Å². The summed E-state index contributed by atoms with van der Waals surface area (Å²) in [6.45, 7) is 6.25. The number of aryl methyl sites for hydroxylation is 3. The first kappa shape index (κ1) is 17.0. The molecule has 3 rings (SSSR count). The van der Waals surface area contributed by atoms with E-state index in [1.54, 1.807) is 4.90 Å². The second-order valence-corrected chi connectivity index (χ2v) is 6.42. The van der Waals surface area contributed by atoms with E-state index in [1.807, 2.05) is 57.2 Å². The quantitative estimate of drug-likeness (QED) is 0.930. The molecule has 1 heterocycles. The summed E-state index contributed by atoms with van der Waals surface area (Å²) in [5.41, 5.74) is 4.70. The van der Waals surface area contributed by atoms with E-state index in [0.29, 0.717) is 12.3 Å². The Balaban J connectivity index is 1.69. The number of carbonyl (C=O) groups is 2. The number of amides is 2. The Morgan fingerprint density at radius 1 is 1.12 bits per heavy atom. The van der Waals surface area contributed by atoms with Gasteiger partial charge in [0.05, 0.1) is 5.69 Å². The molecule has 1 aliphatic rings. The Morgan fingerprint density at radius 2 is 1.84 bits per heavy atom. The van der Waals surface area contributed by atoms with Crippen molar-refractivity contribution in [1.82, 2.24) is 0 Å². The van der Waals surface area contributed by atoms with Crippen molar-refractivity contribution in [3.63, 3.8) is 0 Å². The van der Waals surface area contributed by atoms with Gasteiger partial charge in [0.25, 0.3) is 5.91 Å². The third kappa shape index (κ3) is 3.82. The average Bonchev–Trinajstić information content (AvgIpc) is 2.57. The number of hydrogen-bond acceptors (Lipinski definition) is 3. The maximum atomic E-state index is 12.3. The van der Waals surface area contributed by atoms with Crippen LogP contribution in [0.5, 0.6) is 5.75 Å². The molecule has 0 unspecified atom stereocenters. The van der Waals surface area contributed by atoms with E-state index in [-0.39, 0.29) is 24.8 Å². The molecule has 0 saturated heterocycles. The topological polar surface area (TPSA) is 58.6 Å². The molecule has 130 valence electrons. The molecule has 0 fully saturated rings. The largest absolute Gasteiger partial charge is 0.482 e. The van der Waals surface area contributed by atoms with Gasteiger partial charge in [0.1, 0.15) is 5.75 Å². The Labute approximate surface area is 147 Å². The number of hydrogen-bond donors (Lipinski definition) is 1. The van der Waals surface area contributed by atoms with E-state index >= 15 is 0 Å². The number of nitrogens with zero attached hydrogens (tertiary/aromatic N) is 1. The Hall–Kier alpha value is -2.82. The average molecular weight is 338 g/mol. The van der Waals surface area contributed by atoms with Gasteiger partial charge in [-0.3, -0.25) is 9.59 Å². The zero-order valence-electron chi connectivity index (χ0n) is 14.8. The summed E-state index contributed by atoms with van der Waals surface area (Å²) in [5.74, 6) is 0.444. The maximum Gasteiger partial charge on any atom is 0.265 e. The first-order valence-electron chi connectivity index (χ1n) is 8.35. The lowest BCUT2D eigenvalue weighted by Gasteiger charge is -2.29. The highest BCUT2D eigenvalue weighted by atomic mass is 16.5. The van der Waals surface area contributed by atoms with Crippen LogP contribution >= 0.6 is 0 Å². The third-order valence-electron chi connectivity index (χ3n) is 4.29. The van der Waals surface area contributed by atoms with Gasteiger partial charge in [-0.2, -0.15) is 0 Å². The van der Waals surface area contributed by atoms with Gasteiger partial charge in [0.2, 0.25) is 5.91 Å². The third-order valence-corrected chi connectivity index (χ3v) is 4.29. The highest BCUT2D eigenvalue weighted by Crippen LogP contribution is 2.32. The van der Waals surface area contributed by atoms with E-state index in [4.69, 9.17) is 4.74 Å². The molecule has 0 bridgehead atoms. The molecule has 2 aromatic carbocycles. The minimum atomic E-state index is -0.127. The highest BCUT2D eigenvalue weighted by Gasteiger charge is 2.25. The van der Waals surface area contributed by atoms with Gasteiger partial charge in [-0.1, -0.05) is 18.2 Å². The first-order valence-corrected chi connectivity index (χ1v) is 8.35. The van der Waals surface area contributed by atoms with Crippen molar-refractivity contribution < 1.29 is 14.3 Å². The Bertz CT molecular complexity index is 830. The predicted molar refractivity (Wildman–Crippen MR) is 98.2 cm³/mol. The molecule has 0 aliphatic carbocycles. The predicted octanol–water partition coefficient (Wildman–Crippen LogP) is 3.37. The van der Waals surface area contributed by atoms with Crippen LogP contribution < -0.4 is 15.0 Å². The number of benzene rings is 2. The van der Waals surface area contributed by atoms with Crippen molar-refractivity contribution in [3.05, 3.63) is 53.1 Å². The summed E-state index contributed by atoms with van der Waals surface area (Å²) >= 11 is 0. The molecule has 1 N–H and O–H groups in total. The molecule has 25 heavy (non-hydrogen) atoms. The minimum absolute atomic E-state index is 0.00860. The van der Waals surface area contributed by atoms with Gasteiger partial charge in [0, 0.05) is 18.7 Å². The molecule has 1 aliphatic heterocycles. The van der Waals surface area contributed by atoms with Crippen LogP contribution in [-0.2, 0) is 9.59 Å². The molecule has 0 saturated carbocycles. The molecule has 0 aromatic heterocycles. The second kappa shape index (κ2) is 6.97. The summed E-state index contributed by atoms with van der Waals surface area (Å²) in [7, 11) is 0. The van der Waals surface area contributed by atoms with E-state index in [2.05, 4.69) is 5.32 Å². The molecule has 0 spiro atoms. The van der Waals surface area contributed by atoms with Crippen molar-refractivity contribution in [2.45, 2.75) is 27.2 Å². The van der Waals surface area contributed by atoms with Gasteiger partial charge in [0.15, 0.2) is 6.61 Å². The molecular formula is C20H22N2O3. The van der Waals surface area contributed by atoms with Gasteiger partial charge in [-0.15, -0.1) is 0 Å². The van der Waals surface area contributed by atoms with Gasteiger partial charge in [-0.05, 0) is 55.7 Å². The van der Waals surface area contributed by atoms with Crippen molar-refractivity contribution in [2.75, 3.05) is 23.4 Å². The van der Waals surface area contributed by atoms with E-state index in [1.165, 1.54) is 0 Å². The van der Waals surface area contributed by atoms with Crippen LogP contribution in [0.25, 0.3) is 0 Å². The fourth-order valence-corrected chi connectivity index (χ4v) is 2.85. The fourth-order valence-electron chi connectivity index (χ4n) is 2.85. The summed E-state index contributed by atoms with van der Waals surface area (Å²) in [6, 6.07) is 11.7. The van der Waals surface area contributed by atoms with Crippen LogP contribution in [0.15, 0.2) is 36.4 Å². The van der Waals surface area contributed by atoms with E-state index < -0.39 is 0 Å². The normalized spacial score (nSPS) is 13.2. The molecule has 0 atom stereocenters. The number of fused-ring (bicyclic) bond motifs is 1. The summed E-state index contributed by atoms with van der Waals surface area (Å²) in [5, 5.41) is 2.93. The number of carbonyl (C=O) groups excluding carboxylic acids is 2. The molecule has 0 radical (unpaired) electrons. The lowest BCUT2D eigenvalue weighted by Crippen LogP contribution is -2.40. The second-order valence-electron chi connectivity index (χ2n) is 6.42. The van der Waals surface area contributed by atoms with Gasteiger partial charge >= 0.3 is 0 Å². The van der Waals surface area contributed by atoms with Gasteiger partial charge < -0.3 is 15.0 Å². The van der Waals surface area contributed by atoms with Crippen LogP contribution in [0.4, 0.5) is 11.4 Å². The Morgan fingerprint density at radius 3 is 2.64 bits per heavy atom. The summed E-state index contributed by atoms with van der Waals surface area (Å²) < 4.78 is 5.46. The zero-order chi connectivity index (χ0) is 18.0. The van der Waals surface area contributed by atoms with Crippen LogP contribution in [0.2, 0.25) is 0 Å². The van der Waals surface area contributed by atoms with E-state index in [9.17, 15) is 9.59 Å². The maximum absolute atomic E-state index is 12.3. The zero-order valence-corrected chi connectivity index (χ0v) is 14.8. The van der Waals surface area contributed by atoms with Crippen molar-refractivity contribution in [2.24, 2.45) is 0 Å². The van der Waals surface area contributed by atoms with Crippen LogP contribution in [0.1, 0.15) is 23.1 Å². The smallest absolute Gasteiger partial charge is 0.265 e. The van der Waals surface area contributed by atoms with Gasteiger partial charge in [-0.25, -0.2) is 0 Å². The fraction of sp³-hybridized carbons (Fsp3) is 0.300. The number of rotatable bonds is 4. The SMILES string of the molecule is Cc1ccc(C)c(NC(=O)CCN2C(=O)COc3ccc(C)cc32)c1. The van der Waals surface area contributed by atoms with Crippen molar-refractivity contribution >= 4 is 23.2 Å². The summed E-state index contributed by atoms with van der Waals surface area (Å²) in [4.78, 5) is 26.2. The molecule has 5 heteroatoms. The molecule has 5 nitrogen and oxygen atoms in total. The summed E-state index contributed by atoms with van der Waals surface area (Å²) in [6.07, 6.45) is 0.229. The first-order chi connectivity index (χ1) is 11.9. The van der Waals surface area contributed by atoms with Crippen LogP contribution in [-0.4, -0.2) is 25.0 Å². The van der Waals surface area contributed by atoms with Crippen molar-refractivity contribution in [1.29, 1.82) is 0 Å². The molecule has 2 aromatic rings. The van der Waals surface area contributed by atoms with E-state index in [0.717, 1.165) is 28.1 Å². The lowest BCUT2D eigenvalue weighted by atomic mass is 10.1. The molecule has 2 amide bonds. The Kier molecular flexibility index (Phi) is 4.74.